The molecule has 2 fully saturated rings. The smallest absolute Gasteiger partial charge is 0.331 e. The molecule has 0 aromatic rings. The lowest BCUT2D eigenvalue weighted by atomic mass is 9.87. The Bertz CT molecular complexity index is 412. The van der Waals surface area contributed by atoms with Crippen LogP contribution >= 0.6 is 0 Å². The third-order valence-electron chi connectivity index (χ3n) is 4.45. The van der Waals surface area contributed by atoms with Crippen molar-refractivity contribution in [2.45, 2.75) is 51.5 Å². The lowest BCUT2D eigenvalue weighted by molar-refractivity contribution is -0.147. The predicted octanol–water partition coefficient (Wildman–Crippen LogP) is 1.69. The number of ether oxygens (including phenoxy) is 1. The Morgan fingerprint density at radius 2 is 1.95 bits per heavy atom. The number of hydrogen-bond acceptors (Lipinski definition) is 4. The van der Waals surface area contributed by atoms with Gasteiger partial charge in [-0.25, -0.2) is 4.79 Å². The Morgan fingerprint density at radius 3 is 2.52 bits per heavy atom. The number of urea groups is 1. The topological polar surface area (TPSA) is 75.7 Å². The van der Waals surface area contributed by atoms with E-state index >= 15 is 0 Å². The van der Waals surface area contributed by atoms with Crippen molar-refractivity contribution < 1.29 is 19.1 Å². The highest BCUT2D eigenvalue weighted by Gasteiger charge is 2.47. The van der Waals surface area contributed by atoms with E-state index in [4.69, 9.17) is 4.74 Å². The number of rotatable bonds is 6. The summed E-state index contributed by atoms with van der Waals surface area (Å²) in [5, 5.41) is 2.36. The zero-order valence-corrected chi connectivity index (χ0v) is 12.8. The molecular weight excluding hydrogens is 272 g/mol. The van der Waals surface area contributed by atoms with Crippen LogP contribution in [0.2, 0.25) is 0 Å². The minimum Gasteiger partial charge on any atom is -0.383 e. The van der Waals surface area contributed by atoms with E-state index in [1.54, 1.807) is 7.11 Å². The SMILES string of the molecule is CCCC(COC)N1C(=O)NC(=O)C(C2CCCC2)C1=O. The van der Waals surface area contributed by atoms with E-state index in [9.17, 15) is 14.4 Å². The minimum absolute atomic E-state index is 0.0675. The summed E-state index contributed by atoms with van der Waals surface area (Å²) in [5.74, 6) is -1.41. The highest BCUT2D eigenvalue weighted by molar-refractivity contribution is 6.16. The standard InChI is InChI=1S/C15H24N2O4/c1-3-6-11(9-21-2)17-14(19)12(10-7-4-5-8-10)13(18)16-15(17)20/h10-12H,3-9H2,1-2H3,(H,16,18,20). The molecule has 0 aromatic heterocycles. The van der Waals surface area contributed by atoms with Gasteiger partial charge >= 0.3 is 6.03 Å². The molecule has 0 spiro atoms. The van der Waals surface area contributed by atoms with Gasteiger partial charge in [-0.2, -0.15) is 0 Å². The first-order valence-electron chi connectivity index (χ1n) is 7.77. The average molecular weight is 296 g/mol. The molecule has 6 heteroatoms. The third-order valence-corrected chi connectivity index (χ3v) is 4.45. The first-order chi connectivity index (χ1) is 10.1. The number of methoxy groups -OCH3 is 1. The molecule has 118 valence electrons. The van der Waals surface area contributed by atoms with Gasteiger partial charge in [0, 0.05) is 7.11 Å². The number of nitrogens with zero attached hydrogens (tertiary/aromatic N) is 1. The average Bonchev–Trinajstić information content (AvgIpc) is 2.92. The Labute approximate surface area is 125 Å². The van der Waals surface area contributed by atoms with Gasteiger partial charge in [0.2, 0.25) is 11.8 Å². The van der Waals surface area contributed by atoms with Gasteiger partial charge in [0.25, 0.3) is 0 Å². The van der Waals surface area contributed by atoms with Gasteiger partial charge in [-0.1, -0.05) is 26.2 Å². The highest BCUT2D eigenvalue weighted by Crippen LogP contribution is 2.34. The first-order valence-corrected chi connectivity index (χ1v) is 7.77. The zero-order chi connectivity index (χ0) is 15.4. The van der Waals surface area contributed by atoms with Crippen LogP contribution in [0.4, 0.5) is 4.79 Å². The van der Waals surface area contributed by atoms with Crippen LogP contribution in [0.5, 0.6) is 0 Å². The maximum atomic E-state index is 12.7. The number of nitrogens with one attached hydrogen (secondary N) is 1. The summed E-state index contributed by atoms with van der Waals surface area (Å²) in [5.41, 5.74) is 0. The van der Waals surface area contributed by atoms with Crippen molar-refractivity contribution in [3.63, 3.8) is 0 Å². The largest absolute Gasteiger partial charge is 0.383 e. The lowest BCUT2D eigenvalue weighted by Crippen LogP contribution is -2.62. The Morgan fingerprint density at radius 1 is 1.29 bits per heavy atom. The molecule has 0 bridgehead atoms. The van der Waals surface area contributed by atoms with E-state index in [0.717, 1.165) is 32.1 Å². The van der Waals surface area contributed by atoms with Crippen LogP contribution in [0.3, 0.4) is 0 Å². The Hall–Kier alpha value is -1.43. The van der Waals surface area contributed by atoms with Crippen molar-refractivity contribution in [1.29, 1.82) is 0 Å². The van der Waals surface area contributed by atoms with Crippen LogP contribution in [-0.4, -0.2) is 42.5 Å². The molecule has 1 aliphatic heterocycles. The van der Waals surface area contributed by atoms with E-state index in [2.05, 4.69) is 5.32 Å². The Balaban J connectivity index is 2.20. The van der Waals surface area contributed by atoms with Crippen LogP contribution in [0.25, 0.3) is 0 Å². The number of amides is 4. The van der Waals surface area contributed by atoms with E-state index in [1.165, 1.54) is 4.90 Å². The molecule has 6 nitrogen and oxygen atoms in total. The maximum Gasteiger partial charge on any atom is 0.331 e. The quantitative estimate of drug-likeness (QED) is 0.757. The van der Waals surface area contributed by atoms with Crippen molar-refractivity contribution in [1.82, 2.24) is 10.2 Å². The summed E-state index contributed by atoms with van der Waals surface area (Å²) in [6.45, 7) is 2.30. The van der Waals surface area contributed by atoms with Gasteiger partial charge in [-0.05, 0) is 25.2 Å². The first kappa shape index (κ1) is 15.9. The fourth-order valence-electron chi connectivity index (χ4n) is 3.47. The molecule has 1 heterocycles. The molecule has 1 saturated carbocycles. The number of carbonyl (C=O) groups is 3. The molecule has 2 aliphatic rings. The summed E-state index contributed by atoms with van der Waals surface area (Å²) in [4.78, 5) is 38.1. The molecule has 0 aromatic carbocycles. The van der Waals surface area contributed by atoms with Crippen molar-refractivity contribution in [3.8, 4) is 0 Å². The monoisotopic (exact) mass is 296 g/mol. The molecule has 0 radical (unpaired) electrons. The van der Waals surface area contributed by atoms with Gasteiger partial charge in [-0.15, -0.1) is 0 Å². The number of carbonyl (C=O) groups excluding carboxylic acids is 3. The summed E-state index contributed by atoms with van der Waals surface area (Å²) in [6, 6.07) is -0.903. The van der Waals surface area contributed by atoms with Gasteiger partial charge in [-0.3, -0.25) is 19.8 Å². The van der Waals surface area contributed by atoms with E-state index < -0.39 is 17.9 Å². The number of barbiturate groups is 1. The zero-order valence-electron chi connectivity index (χ0n) is 12.8. The summed E-state index contributed by atoms with van der Waals surface area (Å²) in [7, 11) is 1.55. The molecule has 1 aliphatic carbocycles. The molecule has 4 amide bonds. The van der Waals surface area contributed by atoms with Crippen LogP contribution < -0.4 is 5.32 Å². The van der Waals surface area contributed by atoms with Crippen LogP contribution in [0.15, 0.2) is 0 Å². The summed E-state index contributed by atoms with van der Waals surface area (Å²) >= 11 is 0. The van der Waals surface area contributed by atoms with Crippen molar-refractivity contribution >= 4 is 17.8 Å². The van der Waals surface area contributed by atoms with Crippen LogP contribution in [0.1, 0.15) is 45.4 Å². The van der Waals surface area contributed by atoms with Gasteiger partial charge in [0.05, 0.1) is 12.6 Å². The van der Waals surface area contributed by atoms with Gasteiger partial charge in [0.1, 0.15) is 5.92 Å². The van der Waals surface area contributed by atoms with Crippen molar-refractivity contribution in [2.75, 3.05) is 13.7 Å². The van der Waals surface area contributed by atoms with Gasteiger partial charge in [0.15, 0.2) is 0 Å². The predicted molar refractivity (Wildman–Crippen MR) is 76.4 cm³/mol. The van der Waals surface area contributed by atoms with E-state index in [0.29, 0.717) is 13.0 Å². The fraction of sp³-hybridized carbons (Fsp3) is 0.800. The summed E-state index contributed by atoms with van der Waals surface area (Å²) in [6.07, 6.45) is 5.38. The lowest BCUT2D eigenvalue weighted by Gasteiger charge is -2.37. The molecular formula is C15H24N2O4. The second-order valence-corrected chi connectivity index (χ2v) is 5.92. The molecule has 1 saturated heterocycles. The van der Waals surface area contributed by atoms with Crippen LogP contribution in [-0.2, 0) is 14.3 Å². The molecule has 2 rings (SSSR count). The highest BCUT2D eigenvalue weighted by atomic mass is 16.5. The summed E-state index contributed by atoms with van der Waals surface area (Å²) < 4.78 is 5.14. The second kappa shape index (κ2) is 7.02. The second-order valence-electron chi connectivity index (χ2n) is 5.92. The minimum atomic E-state index is -0.707. The molecule has 1 N–H and O–H groups in total. The van der Waals surface area contributed by atoms with Crippen molar-refractivity contribution in [3.05, 3.63) is 0 Å². The molecule has 2 atom stereocenters. The fourth-order valence-corrected chi connectivity index (χ4v) is 3.47. The molecule has 2 unspecified atom stereocenters. The third kappa shape index (κ3) is 3.26. The molecule has 21 heavy (non-hydrogen) atoms. The van der Waals surface area contributed by atoms with E-state index in [-0.39, 0.29) is 17.9 Å². The van der Waals surface area contributed by atoms with Gasteiger partial charge < -0.3 is 4.74 Å². The van der Waals surface area contributed by atoms with Crippen LogP contribution in [0, 0.1) is 11.8 Å². The Kier molecular flexibility index (Phi) is 5.33. The normalized spacial score (nSPS) is 25.3. The number of hydrogen-bond donors (Lipinski definition) is 1. The number of imide groups is 2. The maximum absolute atomic E-state index is 12.7. The van der Waals surface area contributed by atoms with E-state index in [1.807, 2.05) is 6.92 Å². The van der Waals surface area contributed by atoms with Crippen molar-refractivity contribution in [2.24, 2.45) is 11.8 Å².